The number of hydrogen-bond acceptors (Lipinski definition) is 5. The van der Waals surface area contributed by atoms with Gasteiger partial charge in [0.25, 0.3) is 0 Å². The lowest BCUT2D eigenvalue weighted by molar-refractivity contribution is 1.07. The van der Waals surface area contributed by atoms with Gasteiger partial charge in [-0.05, 0) is 30.0 Å². The van der Waals surface area contributed by atoms with Crippen LogP contribution in [0.15, 0.2) is 108 Å². The lowest BCUT2D eigenvalue weighted by Crippen LogP contribution is -2.01. The SMILES string of the molecule is C=C(/C=C(\C)S)Nc1cccc(-c2nc(-c3ccccc3)nc(-c3ccccc3)n2)c1. The van der Waals surface area contributed by atoms with E-state index in [1.54, 1.807) is 0 Å². The fraction of sp³-hybridized carbons (Fsp3) is 0.0385. The van der Waals surface area contributed by atoms with Crippen molar-refractivity contribution in [2.75, 3.05) is 5.32 Å². The molecule has 0 spiro atoms. The monoisotopic (exact) mass is 422 g/mol. The number of thiol groups is 1. The van der Waals surface area contributed by atoms with Crippen LogP contribution in [0.3, 0.4) is 0 Å². The zero-order valence-electron chi connectivity index (χ0n) is 17.2. The second-order valence-corrected chi connectivity index (χ2v) is 7.76. The molecular formula is C26H22N4S. The van der Waals surface area contributed by atoms with E-state index in [1.807, 2.05) is 97.9 Å². The van der Waals surface area contributed by atoms with Crippen LogP contribution < -0.4 is 5.32 Å². The van der Waals surface area contributed by atoms with Crippen LogP contribution in [0.4, 0.5) is 5.69 Å². The lowest BCUT2D eigenvalue weighted by Gasteiger charge is -2.10. The molecule has 0 fully saturated rings. The first-order valence-corrected chi connectivity index (χ1v) is 10.3. The Morgan fingerprint density at radius 3 is 1.74 bits per heavy atom. The van der Waals surface area contributed by atoms with E-state index < -0.39 is 0 Å². The molecule has 0 bridgehead atoms. The molecular weight excluding hydrogens is 400 g/mol. The van der Waals surface area contributed by atoms with Crippen molar-refractivity contribution in [1.82, 2.24) is 15.0 Å². The van der Waals surface area contributed by atoms with E-state index >= 15 is 0 Å². The van der Waals surface area contributed by atoms with Crippen molar-refractivity contribution in [3.63, 3.8) is 0 Å². The van der Waals surface area contributed by atoms with Crippen LogP contribution in [-0.2, 0) is 0 Å². The summed E-state index contributed by atoms with van der Waals surface area (Å²) in [5.74, 6) is 1.89. The minimum absolute atomic E-state index is 0.614. The molecule has 0 aliphatic rings. The fourth-order valence-corrected chi connectivity index (χ4v) is 3.30. The standard InChI is InChI=1S/C26H22N4S/c1-18(16-19(2)31)27-23-15-9-14-22(17-23)26-29-24(20-10-5-3-6-11-20)28-25(30-26)21-12-7-4-8-13-21/h3-17,27,31H,1H2,2H3/b19-16+. The highest BCUT2D eigenvalue weighted by molar-refractivity contribution is 7.84. The largest absolute Gasteiger partial charge is 0.356 e. The maximum Gasteiger partial charge on any atom is 0.164 e. The van der Waals surface area contributed by atoms with Gasteiger partial charge in [-0.25, -0.2) is 15.0 Å². The summed E-state index contributed by atoms with van der Waals surface area (Å²) in [6, 6.07) is 27.8. The summed E-state index contributed by atoms with van der Waals surface area (Å²) in [6.07, 6.45) is 1.87. The van der Waals surface area contributed by atoms with Crippen molar-refractivity contribution < 1.29 is 0 Å². The van der Waals surface area contributed by atoms with Crippen molar-refractivity contribution in [3.05, 3.63) is 108 Å². The number of allylic oxidation sites excluding steroid dienone is 2. The second kappa shape index (κ2) is 9.41. The van der Waals surface area contributed by atoms with E-state index in [9.17, 15) is 0 Å². The third-order valence-electron chi connectivity index (χ3n) is 4.51. The molecule has 1 heterocycles. The number of nitrogens with one attached hydrogen (secondary N) is 1. The number of rotatable bonds is 6. The predicted octanol–water partition coefficient (Wildman–Crippen LogP) is 6.63. The predicted molar refractivity (Wildman–Crippen MR) is 132 cm³/mol. The Kier molecular flexibility index (Phi) is 6.24. The summed E-state index contributed by atoms with van der Waals surface area (Å²) in [4.78, 5) is 15.2. The Morgan fingerprint density at radius 2 is 1.23 bits per heavy atom. The maximum absolute atomic E-state index is 4.77. The van der Waals surface area contributed by atoms with Gasteiger partial charge in [-0.15, -0.1) is 12.6 Å². The highest BCUT2D eigenvalue weighted by Crippen LogP contribution is 2.26. The van der Waals surface area contributed by atoms with Crippen LogP contribution in [0.2, 0.25) is 0 Å². The highest BCUT2D eigenvalue weighted by Gasteiger charge is 2.12. The van der Waals surface area contributed by atoms with Crippen LogP contribution in [0, 0.1) is 0 Å². The summed E-state index contributed by atoms with van der Waals surface area (Å²) in [5, 5.41) is 3.29. The second-order valence-electron chi connectivity index (χ2n) is 7.06. The molecule has 4 aromatic rings. The van der Waals surface area contributed by atoms with E-state index in [2.05, 4.69) is 24.5 Å². The molecule has 0 saturated carbocycles. The van der Waals surface area contributed by atoms with Gasteiger partial charge >= 0.3 is 0 Å². The Labute approximate surface area is 187 Å². The van der Waals surface area contributed by atoms with Crippen molar-refractivity contribution in [3.8, 4) is 34.2 Å². The number of hydrogen-bond donors (Lipinski definition) is 2. The number of aromatic nitrogens is 3. The number of nitrogens with zero attached hydrogens (tertiary/aromatic N) is 3. The molecule has 0 atom stereocenters. The molecule has 0 saturated heterocycles. The molecule has 152 valence electrons. The first kappa shape index (κ1) is 20.6. The van der Waals surface area contributed by atoms with Crippen molar-refractivity contribution >= 4 is 18.3 Å². The van der Waals surface area contributed by atoms with Gasteiger partial charge in [0.15, 0.2) is 17.5 Å². The molecule has 0 radical (unpaired) electrons. The van der Waals surface area contributed by atoms with Gasteiger partial charge in [-0.2, -0.15) is 0 Å². The molecule has 5 heteroatoms. The van der Waals surface area contributed by atoms with Gasteiger partial charge in [-0.3, -0.25) is 0 Å². The Bertz CT molecular complexity index is 1170. The Balaban J connectivity index is 1.78. The van der Waals surface area contributed by atoms with E-state index in [-0.39, 0.29) is 0 Å². The molecule has 0 aliphatic carbocycles. The lowest BCUT2D eigenvalue weighted by atomic mass is 10.1. The van der Waals surface area contributed by atoms with Crippen molar-refractivity contribution in [1.29, 1.82) is 0 Å². The third-order valence-corrected chi connectivity index (χ3v) is 4.64. The topological polar surface area (TPSA) is 50.7 Å². The molecule has 0 aliphatic heterocycles. The van der Waals surface area contributed by atoms with Gasteiger partial charge in [0.1, 0.15) is 0 Å². The molecule has 31 heavy (non-hydrogen) atoms. The molecule has 3 aromatic carbocycles. The summed E-state index contributed by atoms with van der Waals surface area (Å²) in [6.45, 7) is 5.93. The quantitative estimate of drug-likeness (QED) is 0.270. The van der Waals surface area contributed by atoms with Gasteiger partial charge in [-0.1, -0.05) is 79.4 Å². The minimum atomic E-state index is 0.614. The van der Waals surface area contributed by atoms with E-state index in [4.69, 9.17) is 15.0 Å². The van der Waals surface area contributed by atoms with Crippen molar-refractivity contribution in [2.24, 2.45) is 0 Å². The van der Waals surface area contributed by atoms with Crippen LogP contribution in [0.5, 0.6) is 0 Å². The zero-order chi connectivity index (χ0) is 21.6. The fourth-order valence-electron chi connectivity index (χ4n) is 3.15. The van der Waals surface area contributed by atoms with E-state index in [0.717, 1.165) is 33.0 Å². The summed E-state index contributed by atoms with van der Waals surface area (Å²) < 4.78 is 0. The van der Waals surface area contributed by atoms with Crippen LogP contribution >= 0.6 is 12.6 Å². The summed E-state index contributed by atoms with van der Waals surface area (Å²) in [7, 11) is 0. The van der Waals surface area contributed by atoms with Crippen LogP contribution in [0.25, 0.3) is 34.2 Å². The normalized spacial score (nSPS) is 11.2. The minimum Gasteiger partial charge on any atom is -0.356 e. The van der Waals surface area contributed by atoms with Gasteiger partial charge < -0.3 is 5.32 Å². The Hall–Kier alpha value is -3.70. The highest BCUT2D eigenvalue weighted by atomic mass is 32.1. The molecule has 1 N–H and O–H groups in total. The summed E-state index contributed by atoms with van der Waals surface area (Å²) in [5.41, 5.74) is 4.44. The van der Waals surface area contributed by atoms with Crippen molar-refractivity contribution in [2.45, 2.75) is 6.92 Å². The zero-order valence-corrected chi connectivity index (χ0v) is 18.1. The van der Waals surface area contributed by atoms with Crippen LogP contribution in [-0.4, -0.2) is 15.0 Å². The van der Waals surface area contributed by atoms with Gasteiger partial charge in [0.2, 0.25) is 0 Å². The average molecular weight is 423 g/mol. The summed E-state index contributed by atoms with van der Waals surface area (Å²) >= 11 is 4.31. The first-order chi connectivity index (χ1) is 15.1. The number of benzene rings is 3. The molecule has 1 aromatic heterocycles. The maximum atomic E-state index is 4.77. The van der Waals surface area contributed by atoms with Gasteiger partial charge in [0.05, 0.1) is 0 Å². The average Bonchev–Trinajstić information content (AvgIpc) is 2.79. The molecule has 0 unspecified atom stereocenters. The Morgan fingerprint density at radius 1 is 0.742 bits per heavy atom. The van der Waals surface area contributed by atoms with E-state index in [1.165, 1.54) is 0 Å². The number of anilines is 1. The smallest absolute Gasteiger partial charge is 0.164 e. The molecule has 0 amide bonds. The molecule has 4 rings (SSSR count). The van der Waals surface area contributed by atoms with Crippen LogP contribution in [0.1, 0.15) is 6.92 Å². The van der Waals surface area contributed by atoms with E-state index in [0.29, 0.717) is 17.5 Å². The molecule has 4 nitrogen and oxygen atoms in total. The first-order valence-electron chi connectivity index (χ1n) is 9.89. The third kappa shape index (κ3) is 5.27. The van der Waals surface area contributed by atoms with Gasteiger partial charge in [0, 0.05) is 28.1 Å².